The van der Waals surface area contributed by atoms with Gasteiger partial charge in [-0.2, -0.15) is 0 Å². The van der Waals surface area contributed by atoms with E-state index in [0.29, 0.717) is 17.4 Å². The molecule has 0 fully saturated rings. The van der Waals surface area contributed by atoms with Gasteiger partial charge in [0.25, 0.3) is 0 Å². The van der Waals surface area contributed by atoms with Crippen molar-refractivity contribution in [3.05, 3.63) is 64.8 Å². The maximum Gasteiger partial charge on any atom is 0.191 e. The molecule has 154 valence electrons. The van der Waals surface area contributed by atoms with Gasteiger partial charge in [-0.15, -0.1) is 0 Å². The number of aromatic nitrogens is 1. The minimum Gasteiger partial charge on any atom is -0.358 e. The Morgan fingerprint density at radius 3 is 2.55 bits per heavy atom. The molecular weight excluding hydrogens is 384 g/mol. The number of hydrogen-bond acceptors (Lipinski definition) is 3. The van der Waals surface area contributed by atoms with E-state index in [0.717, 1.165) is 29.6 Å². The second kappa shape index (κ2) is 8.69. The summed E-state index contributed by atoms with van der Waals surface area (Å²) in [6.45, 7) is 5.24. The summed E-state index contributed by atoms with van der Waals surface area (Å²) in [6.07, 6.45) is 2.12. The number of fused-ring (bicyclic) bond motifs is 1. The van der Waals surface area contributed by atoms with E-state index < -0.39 is 9.84 Å². The predicted molar refractivity (Wildman–Crippen MR) is 119 cm³/mol. The number of sulfone groups is 1. The number of rotatable bonds is 6. The normalized spacial score (nSPS) is 12.3. The van der Waals surface area contributed by atoms with Crippen molar-refractivity contribution in [1.82, 2.24) is 15.6 Å². The summed E-state index contributed by atoms with van der Waals surface area (Å²) >= 11 is 0. The van der Waals surface area contributed by atoms with Crippen molar-refractivity contribution in [3.63, 3.8) is 0 Å². The lowest BCUT2D eigenvalue weighted by molar-refractivity contribution is 0.601. The highest BCUT2D eigenvalue weighted by atomic mass is 32.2. The fourth-order valence-corrected chi connectivity index (χ4v) is 4.57. The van der Waals surface area contributed by atoms with E-state index in [4.69, 9.17) is 0 Å². The zero-order chi connectivity index (χ0) is 21.0. The number of benzene rings is 2. The van der Waals surface area contributed by atoms with E-state index in [-0.39, 0.29) is 0 Å². The summed E-state index contributed by atoms with van der Waals surface area (Å²) in [5.74, 6) is 0.715. The average molecular weight is 413 g/mol. The minimum absolute atomic E-state index is 0.373. The summed E-state index contributed by atoms with van der Waals surface area (Å²) in [4.78, 5) is 8.08. The van der Waals surface area contributed by atoms with Crippen LogP contribution in [0.4, 0.5) is 0 Å². The van der Waals surface area contributed by atoms with E-state index in [1.807, 2.05) is 25.1 Å². The molecule has 1 aromatic heterocycles. The number of nitrogens with zero attached hydrogens (tertiary/aromatic N) is 1. The number of aliphatic imine (C=N–C) groups is 1. The number of guanidine groups is 1. The molecule has 0 saturated heterocycles. The number of hydrogen-bond donors (Lipinski definition) is 3. The second-order valence-corrected chi connectivity index (χ2v) is 9.23. The summed E-state index contributed by atoms with van der Waals surface area (Å²) in [5.41, 5.74) is 5.43. The van der Waals surface area contributed by atoms with Gasteiger partial charge in [0, 0.05) is 43.0 Å². The number of nitrogens with one attached hydrogen (secondary N) is 3. The molecule has 0 bridgehead atoms. The van der Waals surface area contributed by atoms with Crippen LogP contribution >= 0.6 is 0 Å². The third kappa shape index (κ3) is 4.98. The molecule has 3 aromatic rings. The quantitative estimate of drug-likeness (QED) is 0.429. The first kappa shape index (κ1) is 20.9. The molecule has 0 saturated carbocycles. The molecule has 0 amide bonds. The van der Waals surface area contributed by atoms with Crippen LogP contribution < -0.4 is 10.6 Å². The van der Waals surface area contributed by atoms with E-state index in [9.17, 15) is 8.42 Å². The Bertz CT molecular complexity index is 1150. The fraction of sp³-hybridized carbons (Fsp3) is 0.318. The number of aryl methyl sites for hydroxylation is 2. The van der Waals surface area contributed by atoms with E-state index >= 15 is 0 Å². The van der Waals surface area contributed by atoms with Crippen molar-refractivity contribution in [2.75, 3.05) is 19.8 Å². The number of para-hydroxylation sites is 1. The number of aromatic amines is 1. The van der Waals surface area contributed by atoms with Crippen LogP contribution in [-0.4, -0.2) is 39.2 Å². The zero-order valence-corrected chi connectivity index (χ0v) is 18.2. The summed E-state index contributed by atoms with van der Waals surface area (Å²) in [7, 11) is -1.46. The standard InChI is InChI=1S/C22H28N4O2S/c1-15-13-17(9-10-21(15)29(4,27)28)14-25-22(23-3)24-12-11-18-16(2)26-20-8-6-5-7-19(18)20/h5-10,13,26H,11-12,14H2,1-4H3,(H2,23,24,25). The van der Waals surface area contributed by atoms with Gasteiger partial charge in [0.1, 0.15) is 0 Å². The van der Waals surface area contributed by atoms with Gasteiger partial charge in [-0.25, -0.2) is 8.42 Å². The molecule has 2 aromatic carbocycles. The smallest absolute Gasteiger partial charge is 0.191 e. The first-order valence-corrected chi connectivity index (χ1v) is 11.5. The Labute approximate surface area is 172 Å². The Morgan fingerprint density at radius 1 is 1.10 bits per heavy atom. The molecular formula is C22H28N4O2S. The van der Waals surface area contributed by atoms with Gasteiger partial charge in [0.05, 0.1) is 4.90 Å². The Kier molecular flexibility index (Phi) is 6.27. The maximum absolute atomic E-state index is 11.8. The van der Waals surface area contributed by atoms with Crippen LogP contribution in [0.5, 0.6) is 0 Å². The molecule has 3 N–H and O–H groups in total. The summed E-state index contributed by atoms with van der Waals surface area (Å²) in [5, 5.41) is 7.89. The highest BCUT2D eigenvalue weighted by Crippen LogP contribution is 2.22. The zero-order valence-electron chi connectivity index (χ0n) is 17.3. The van der Waals surface area contributed by atoms with Crippen LogP contribution in [0.3, 0.4) is 0 Å². The van der Waals surface area contributed by atoms with E-state index in [2.05, 4.69) is 45.7 Å². The molecule has 0 aliphatic carbocycles. The van der Waals surface area contributed by atoms with Gasteiger partial charge < -0.3 is 15.6 Å². The summed E-state index contributed by atoms with van der Waals surface area (Å²) < 4.78 is 23.5. The van der Waals surface area contributed by atoms with Crippen molar-refractivity contribution in [2.24, 2.45) is 4.99 Å². The van der Waals surface area contributed by atoms with Gasteiger partial charge in [0.2, 0.25) is 0 Å². The SMILES string of the molecule is CN=C(NCCc1c(C)[nH]c2ccccc12)NCc1ccc(S(C)(=O)=O)c(C)c1. The highest BCUT2D eigenvalue weighted by molar-refractivity contribution is 7.90. The lowest BCUT2D eigenvalue weighted by atomic mass is 10.1. The van der Waals surface area contributed by atoms with Gasteiger partial charge in [-0.1, -0.05) is 30.3 Å². The van der Waals surface area contributed by atoms with E-state index in [1.54, 1.807) is 13.1 Å². The lowest BCUT2D eigenvalue weighted by Gasteiger charge is -2.13. The molecule has 0 atom stereocenters. The summed E-state index contributed by atoms with van der Waals surface area (Å²) in [6, 6.07) is 13.7. The van der Waals surface area contributed by atoms with Crippen LogP contribution in [0.25, 0.3) is 10.9 Å². The first-order valence-electron chi connectivity index (χ1n) is 9.60. The van der Waals surface area contributed by atoms with Gasteiger partial charge >= 0.3 is 0 Å². The topological polar surface area (TPSA) is 86.3 Å². The van der Waals surface area contributed by atoms with Crippen molar-refractivity contribution >= 4 is 26.7 Å². The molecule has 3 rings (SSSR count). The predicted octanol–water partition coefficient (Wildman–Crippen LogP) is 3.10. The van der Waals surface area contributed by atoms with Gasteiger partial charge in [0.15, 0.2) is 15.8 Å². The minimum atomic E-state index is -3.20. The Balaban J connectivity index is 1.57. The van der Waals surface area contributed by atoms with Crippen molar-refractivity contribution in [2.45, 2.75) is 31.7 Å². The number of H-pyrrole nitrogens is 1. The maximum atomic E-state index is 11.8. The van der Waals surface area contributed by atoms with Gasteiger partial charge in [-0.3, -0.25) is 4.99 Å². The van der Waals surface area contributed by atoms with E-state index in [1.165, 1.54) is 22.9 Å². The van der Waals surface area contributed by atoms with Crippen molar-refractivity contribution < 1.29 is 8.42 Å². The molecule has 29 heavy (non-hydrogen) atoms. The molecule has 0 radical (unpaired) electrons. The van der Waals surface area contributed by atoms with Crippen LogP contribution in [0.15, 0.2) is 52.4 Å². The lowest BCUT2D eigenvalue weighted by Crippen LogP contribution is -2.37. The van der Waals surface area contributed by atoms with Crippen LogP contribution in [0, 0.1) is 13.8 Å². The molecule has 0 aliphatic heterocycles. The fourth-order valence-electron chi connectivity index (χ4n) is 3.61. The molecule has 6 nitrogen and oxygen atoms in total. The largest absolute Gasteiger partial charge is 0.358 e. The first-order chi connectivity index (χ1) is 13.8. The van der Waals surface area contributed by atoms with Crippen LogP contribution in [0.2, 0.25) is 0 Å². The monoisotopic (exact) mass is 412 g/mol. The molecule has 0 unspecified atom stereocenters. The van der Waals surface area contributed by atoms with Gasteiger partial charge in [-0.05, 0) is 49.1 Å². The van der Waals surface area contributed by atoms with Crippen molar-refractivity contribution in [3.8, 4) is 0 Å². The second-order valence-electron chi connectivity index (χ2n) is 7.25. The Hall–Kier alpha value is -2.80. The Morgan fingerprint density at radius 2 is 1.86 bits per heavy atom. The highest BCUT2D eigenvalue weighted by Gasteiger charge is 2.11. The average Bonchev–Trinajstić information content (AvgIpc) is 2.99. The van der Waals surface area contributed by atoms with Crippen LogP contribution in [0.1, 0.15) is 22.4 Å². The third-order valence-electron chi connectivity index (χ3n) is 5.02. The third-order valence-corrected chi connectivity index (χ3v) is 6.27. The molecule has 0 spiro atoms. The molecule has 0 aliphatic rings. The molecule has 1 heterocycles. The molecule has 7 heteroatoms. The van der Waals surface area contributed by atoms with Crippen LogP contribution in [-0.2, 0) is 22.8 Å². The van der Waals surface area contributed by atoms with Crippen molar-refractivity contribution in [1.29, 1.82) is 0 Å².